The number of hydrogen-bond donors (Lipinski definition) is 1. The molecular formula is C21H33N3O3. The van der Waals surface area contributed by atoms with Gasteiger partial charge in [0, 0.05) is 26.7 Å². The number of rotatable bonds is 7. The highest BCUT2D eigenvalue weighted by Crippen LogP contribution is 2.18. The van der Waals surface area contributed by atoms with Crippen LogP contribution in [0.2, 0.25) is 0 Å². The summed E-state index contributed by atoms with van der Waals surface area (Å²) in [4.78, 5) is 18.6. The van der Waals surface area contributed by atoms with Gasteiger partial charge in [-0.1, -0.05) is 24.3 Å². The molecule has 1 aliphatic rings. The number of hydrogen-bond acceptors (Lipinski definition) is 4. The monoisotopic (exact) mass is 375 g/mol. The summed E-state index contributed by atoms with van der Waals surface area (Å²) >= 11 is 0. The van der Waals surface area contributed by atoms with E-state index >= 15 is 0 Å². The number of guanidine groups is 1. The van der Waals surface area contributed by atoms with Gasteiger partial charge >= 0.3 is 5.97 Å². The van der Waals surface area contributed by atoms with E-state index in [1.165, 1.54) is 11.1 Å². The maximum atomic E-state index is 12.0. The first-order valence-electron chi connectivity index (χ1n) is 9.85. The number of nitrogens with zero attached hydrogens (tertiary/aromatic N) is 2. The van der Waals surface area contributed by atoms with E-state index in [1.54, 1.807) is 7.05 Å². The number of carbonyl (C=O) groups excluding carboxylic acids is 1. The number of ether oxygens (including phenoxy) is 2. The third-order valence-corrected chi connectivity index (χ3v) is 4.61. The zero-order valence-electron chi connectivity index (χ0n) is 17.0. The minimum atomic E-state index is -0.100. The lowest BCUT2D eigenvalue weighted by Crippen LogP contribution is -2.48. The SMILES string of the molecule is CCOC(=O)[C@H]1CCCN(C(=NC)NCc2ccc(COC(C)C)cc2)C1. The van der Waals surface area contributed by atoms with Crippen molar-refractivity contribution in [3.63, 3.8) is 0 Å². The molecule has 1 atom stereocenters. The molecule has 1 aromatic rings. The number of piperidine rings is 1. The van der Waals surface area contributed by atoms with Gasteiger partial charge in [-0.15, -0.1) is 0 Å². The smallest absolute Gasteiger partial charge is 0.310 e. The molecule has 6 nitrogen and oxygen atoms in total. The second-order valence-electron chi connectivity index (χ2n) is 7.11. The van der Waals surface area contributed by atoms with Crippen LogP contribution in [0.3, 0.4) is 0 Å². The Morgan fingerprint density at radius 2 is 2.00 bits per heavy atom. The van der Waals surface area contributed by atoms with Gasteiger partial charge in [0.15, 0.2) is 5.96 Å². The van der Waals surface area contributed by atoms with Crippen LogP contribution in [0.15, 0.2) is 29.3 Å². The lowest BCUT2D eigenvalue weighted by atomic mass is 9.98. The van der Waals surface area contributed by atoms with Crippen molar-refractivity contribution in [1.82, 2.24) is 10.2 Å². The van der Waals surface area contributed by atoms with Crippen LogP contribution in [0.1, 0.15) is 44.7 Å². The summed E-state index contributed by atoms with van der Waals surface area (Å²) in [6, 6.07) is 8.41. The normalized spacial score (nSPS) is 17.9. The van der Waals surface area contributed by atoms with Gasteiger partial charge < -0.3 is 19.7 Å². The van der Waals surface area contributed by atoms with Crippen molar-refractivity contribution in [3.8, 4) is 0 Å². The lowest BCUT2D eigenvalue weighted by Gasteiger charge is -2.34. The first kappa shape index (κ1) is 21.2. The van der Waals surface area contributed by atoms with Crippen LogP contribution in [0.25, 0.3) is 0 Å². The molecule has 0 unspecified atom stereocenters. The molecule has 1 N–H and O–H groups in total. The zero-order chi connectivity index (χ0) is 19.6. The van der Waals surface area contributed by atoms with E-state index in [9.17, 15) is 4.79 Å². The molecule has 1 aliphatic heterocycles. The van der Waals surface area contributed by atoms with E-state index in [0.717, 1.165) is 25.3 Å². The molecule has 0 spiro atoms. The minimum absolute atomic E-state index is 0.0718. The molecule has 1 heterocycles. The Morgan fingerprint density at radius 1 is 1.30 bits per heavy atom. The third kappa shape index (κ3) is 6.86. The summed E-state index contributed by atoms with van der Waals surface area (Å²) < 4.78 is 10.8. The largest absolute Gasteiger partial charge is 0.466 e. The molecule has 2 rings (SSSR count). The number of carbonyl (C=O) groups is 1. The van der Waals surface area contributed by atoms with E-state index in [2.05, 4.69) is 39.5 Å². The Kier molecular flexibility index (Phi) is 8.58. The molecule has 0 saturated carbocycles. The molecular weight excluding hydrogens is 342 g/mol. The number of benzene rings is 1. The van der Waals surface area contributed by atoms with Crippen LogP contribution in [-0.2, 0) is 27.4 Å². The van der Waals surface area contributed by atoms with Gasteiger partial charge in [-0.05, 0) is 44.7 Å². The highest BCUT2D eigenvalue weighted by Gasteiger charge is 2.28. The fourth-order valence-electron chi connectivity index (χ4n) is 3.15. The molecule has 0 radical (unpaired) electrons. The predicted octanol–water partition coefficient (Wildman–Crippen LogP) is 2.96. The average molecular weight is 376 g/mol. The number of likely N-dealkylation sites (tertiary alicyclic amines) is 1. The van der Waals surface area contributed by atoms with Crippen molar-refractivity contribution < 1.29 is 14.3 Å². The van der Waals surface area contributed by atoms with Crippen molar-refractivity contribution in [1.29, 1.82) is 0 Å². The second kappa shape index (κ2) is 10.9. The molecule has 150 valence electrons. The Labute approximate surface area is 162 Å². The van der Waals surface area contributed by atoms with Gasteiger partial charge in [0.05, 0.1) is 25.2 Å². The van der Waals surface area contributed by atoms with Crippen LogP contribution in [0, 0.1) is 5.92 Å². The molecule has 0 amide bonds. The van der Waals surface area contributed by atoms with Gasteiger partial charge in [-0.25, -0.2) is 0 Å². The fourth-order valence-corrected chi connectivity index (χ4v) is 3.15. The highest BCUT2D eigenvalue weighted by atomic mass is 16.5. The van der Waals surface area contributed by atoms with Crippen molar-refractivity contribution in [3.05, 3.63) is 35.4 Å². The van der Waals surface area contributed by atoms with Crippen molar-refractivity contribution in [2.45, 2.75) is 52.9 Å². The van der Waals surface area contributed by atoms with Crippen LogP contribution in [-0.4, -0.2) is 49.7 Å². The number of aliphatic imine (C=N–C) groups is 1. The van der Waals surface area contributed by atoms with E-state index in [4.69, 9.17) is 9.47 Å². The fraction of sp³-hybridized carbons (Fsp3) is 0.619. The average Bonchev–Trinajstić information content (AvgIpc) is 2.68. The third-order valence-electron chi connectivity index (χ3n) is 4.61. The first-order valence-corrected chi connectivity index (χ1v) is 9.85. The summed E-state index contributed by atoms with van der Waals surface area (Å²) in [5.41, 5.74) is 2.36. The first-order chi connectivity index (χ1) is 13.0. The summed E-state index contributed by atoms with van der Waals surface area (Å²) in [7, 11) is 1.78. The van der Waals surface area contributed by atoms with Gasteiger partial charge in [0.2, 0.25) is 0 Å². The quantitative estimate of drug-likeness (QED) is 0.451. The standard InChI is InChI=1S/C21H33N3O3/c1-5-26-20(25)19-7-6-12-24(14-19)21(22-4)23-13-17-8-10-18(11-9-17)15-27-16(2)3/h8-11,16,19H,5-7,12-15H2,1-4H3,(H,22,23)/t19-/m0/s1. The Hall–Kier alpha value is -2.08. The summed E-state index contributed by atoms with van der Waals surface area (Å²) in [5, 5.41) is 3.41. The van der Waals surface area contributed by atoms with Crippen LogP contribution in [0.5, 0.6) is 0 Å². The maximum Gasteiger partial charge on any atom is 0.310 e. The molecule has 27 heavy (non-hydrogen) atoms. The van der Waals surface area contributed by atoms with Gasteiger partial charge in [-0.2, -0.15) is 0 Å². The second-order valence-corrected chi connectivity index (χ2v) is 7.11. The van der Waals surface area contributed by atoms with E-state index in [-0.39, 0.29) is 18.0 Å². The number of esters is 1. The van der Waals surface area contributed by atoms with Crippen molar-refractivity contribution in [2.75, 3.05) is 26.7 Å². The minimum Gasteiger partial charge on any atom is -0.466 e. The Morgan fingerprint density at radius 3 is 2.63 bits per heavy atom. The van der Waals surface area contributed by atoms with Crippen LogP contribution < -0.4 is 5.32 Å². The van der Waals surface area contributed by atoms with E-state index < -0.39 is 0 Å². The molecule has 0 bridgehead atoms. The summed E-state index contributed by atoms with van der Waals surface area (Å²) in [5.74, 6) is 0.658. The predicted molar refractivity (Wildman–Crippen MR) is 107 cm³/mol. The van der Waals surface area contributed by atoms with Crippen molar-refractivity contribution >= 4 is 11.9 Å². The molecule has 1 saturated heterocycles. The Bertz CT molecular complexity index is 614. The van der Waals surface area contributed by atoms with E-state index in [0.29, 0.717) is 26.3 Å². The van der Waals surface area contributed by atoms with Crippen LogP contribution >= 0.6 is 0 Å². The summed E-state index contributed by atoms with van der Waals surface area (Å²) in [6.07, 6.45) is 2.08. The topological polar surface area (TPSA) is 63.2 Å². The molecule has 0 aliphatic carbocycles. The maximum absolute atomic E-state index is 12.0. The van der Waals surface area contributed by atoms with Crippen molar-refractivity contribution in [2.24, 2.45) is 10.9 Å². The van der Waals surface area contributed by atoms with Crippen LogP contribution in [0.4, 0.5) is 0 Å². The highest BCUT2D eigenvalue weighted by molar-refractivity contribution is 5.81. The van der Waals surface area contributed by atoms with Gasteiger partial charge in [0.25, 0.3) is 0 Å². The lowest BCUT2D eigenvalue weighted by molar-refractivity contribution is -0.149. The number of nitrogens with one attached hydrogen (secondary N) is 1. The molecule has 1 fully saturated rings. The molecule has 1 aromatic carbocycles. The van der Waals surface area contributed by atoms with Gasteiger partial charge in [0.1, 0.15) is 0 Å². The van der Waals surface area contributed by atoms with E-state index in [1.807, 2.05) is 20.8 Å². The molecule has 0 aromatic heterocycles. The summed E-state index contributed by atoms with van der Waals surface area (Å²) in [6.45, 7) is 9.24. The van der Waals surface area contributed by atoms with Gasteiger partial charge in [-0.3, -0.25) is 9.79 Å². The Balaban J connectivity index is 1.86. The zero-order valence-corrected chi connectivity index (χ0v) is 17.0. The molecule has 6 heteroatoms.